The summed E-state index contributed by atoms with van der Waals surface area (Å²) in [4.78, 5) is 23.4. The molecule has 0 aliphatic rings. The van der Waals surface area contributed by atoms with Crippen molar-refractivity contribution < 1.29 is 14.3 Å². The average molecular weight is 288 g/mol. The number of amides is 1. The van der Waals surface area contributed by atoms with Gasteiger partial charge in [0, 0.05) is 12.1 Å². The smallest absolute Gasteiger partial charge is 0.338 e. The van der Waals surface area contributed by atoms with Gasteiger partial charge in [-0.25, -0.2) is 4.79 Å². The fraction of sp³-hybridized carbons (Fsp3) is 0.375. The number of anilines is 1. The van der Waals surface area contributed by atoms with Gasteiger partial charge < -0.3 is 15.8 Å². The molecule has 0 heterocycles. The molecule has 1 aromatic carbocycles. The molecule has 0 aliphatic carbocycles. The first-order valence-electron chi connectivity index (χ1n) is 6.85. The van der Waals surface area contributed by atoms with Gasteiger partial charge in [0.05, 0.1) is 18.2 Å². The van der Waals surface area contributed by atoms with Crippen LogP contribution in [0.1, 0.15) is 36.5 Å². The van der Waals surface area contributed by atoms with Crippen LogP contribution in [-0.2, 0) is 9.53 Å². The topological polar surface area (TPSA) is 81.4 Å². The van der Waals surface area contributed by atoms with Gasteiger partial charge in [-0.3, -0.25) is 4.79 Å². The Labute approximate surface area is 124 Å². The van der Waals surface area contributed by atoms with Gasteiger partial charge in [-0.2, -0.15) is 0 Å². The highest BCUT2D eigenvalue weighted by Gasteiger charge is 2.12. The summed E-state index contributed by atoms with van der Waals surface area (Å²) in [5.41, 5.74) is 6.59. The molecule has 112 valence electrons. The lowest BCUT2D eigenvalue weighted by Crippen LogP contribution is -2.35. The maximum Gasteiger partial charge on any atom is 0.338 e. The Balaban J connectivity index is 2.56. The minimum Gasteiger partial charge on any atom is -0.462 e. The second-order valence-corrected chi connectivity index (χ2v) is 4.57. The lowest BCUT2D eigenvalue weighted by atomic mass is 10.2. The van der Waals surface area contributed by atoms with Crippen LogP contribution < -0.4 is 11.1 Å². The summed E-state index contributed by atoms with van der Waals surface area (Å²) in [7, 11) is 0. The van der Waals surface area contributed by atoms with Crippen molar-refractivity contribution >= 4 is 17.6 Å². The number of benzene rings is 1. The van der Waals surface area contributed by atoms with Crippen LogP contribution in [0.5, 0.6) is 0 Å². The van der Waals surface area contributed by atoms with Gasteiger partial charge in [0.25, 0.3) is 0 Å². The molecule has 3 N–H and O–H groups in total. The Morgan fingerprint density at radius 1 is 1.38 bits per heavy atom. The molecule has 0 aromatic heterocycles. The minimum absolute atomic E-state index is 0.174. The molecule has 0 aliphatic heterocycles. The van der Waals surface area contributed by atoms with Gasteiger partial charge in [-0.05, 0) is 30.7 Å². The van der Waals surface area contributed by atoms with Crippen LogP contribution in [0.3, 0.4) is 0 Å². The van der Waals surface area contributed by atoms with E-state index in [1.54, 1.807) is 24.3 Å². The molecule has 0 radical (unpaired) electrons. The van der Waals surface area contributed by atoms with Crippen molar-refractivity contribution in [3.8, 4) is 12.3 Å². The van der Waals surface area contributed by atoms with E-state index in [-0.39, 0.29) is 18.3 Å². The Hall–Kier alpha value is -2.32. The minimum atomic E-state index is -0.742. The normalized spacial score (nSPS) is 11.3. The molecule has 0 spiro atoms. The highest BCUT2D eigenvalue weighted by atomic mass is 16.5. The van der Waals surface area contributed by atoms with Crippen LogP contribution in [0, 0.1) is 12.3 Å². The van der Waals surface area contributed by atoms with Gasteiger partial charge in [-0.1, -0.05) is 13.3 Å². The zero-order valence-electron chi connectivity index (χ0n) is 12.1. The van der Waals surface area contributed by atoms with Crippen LogP contribution in [0.2, 0.25) is 0 Å². The summed E-state index contributed by atoms with van der Waals surface area (Å²) in [5, 5.41) is 2.63. The average Bonchev–Trinajstić information content (AvgIpc) is 2.48. The first kappa shape index (κ1) is 16.7. The SMILES string of the molecule is C#CCC(N)C(=O)Nc1ccc(C(=O)OCCCC)cc1. The molecule has 5 heteroatoms. The Kier molecular flexibility index (Phi) is 6.99. The third-order valence-corrected chi connectivity index (χ3v) is 2.79. The van der Waals surface area contributed by atoms with Crippen molar-refractivity contribution in [3.05, 3.63) is 29.8 Å². The van der Waals surface area contributed by atoms with E-state index in [2.05, 4.69) is 11.2 Å². The molecular weight excluding hydrogens is 268 g/mol. The highest BCUT2D eigenvalue weighted by Crippen LogP contribution is 2.11. The first-order chi connectivity index (χ1) is 10.1. The van der Waals surface area contributed by atoms with Crippen LogP contribution in [0.25, 0.3) is 0 Å². The number of terminal acetylenes is 1. The van der Waals surface area contributed by atoms with E-state index >= 15 is 0 Å². The highest BCUT2D eigenvalue weighted by molar-refractivity contribution is 5.95. The van der Waals surface area contributed by atoms with Gasteiger partial charge in [0.1, 0.15) is 0 Å². The number of rotatable bonds is 7. The predicted octanol–water partition coefficient (Wildman–Crippen LogP) is 1.93. The Morgan fingerprint density at radius 2 is 2.05 bits per heavy atom. The molecule has 5 nitrogen and oxygen atoms in total. The van der Waals surface area contributed by atoms with Crippen molar-refractivity contribution in [2.45, 2.75) is 32.2 Å². The number of hydrogen-bond donors (Lipinski definition) is 2. The van der Waals surface area contributed by atoms with Gasteiger partial charge in [0.15, 0.2) is 0 Å². The number of carbonyl (C=O) groups is 2. The third-order valence-electron chi connectivity index (χ3n) is 2.79. The van der Waals surface area contributed by atoms with Crippen molar-refractivity contribution in [2.24, 2.45) is 5.73 Å². The van der Waals surface area contributed by atoms with E-state index in [1.807, 2.05) is 6.92 Å². The van der Waals surface area contributed by atoms with Crippen molar-refractivity contribution in [1.29, 1.82) is 0 Å². The molecule has 1 amide bonds. The third kappa shape index (κ3) is 5.67. The number of unbranched alkanes of at least 4 members (excludes halogenated alkanes) is 1. The van der Waals surface area contributed by atoms with Crippen molar-refractivity contribution in [3.63, 3.8) is 0 Å². The largest absolute Gasteiger partial charge is 0.462 e. The van der Waals surface area contributed by atoms with E-state index in [0.717, 1.165) is 12.8 Å². The molecule has 1 unspecified atom stereocenters. The summed E-state index contributed by atoms with van der Waals surface area (Å²) in [6.07, 6.45) is 7.09. The summed E-state index contributed by atoms with van der Waals surface area (Å²) >= 11 is 0. The van der Waals surface area contributed by atoms with E-state index < -0.39 is 6.04 Å². The number of hydrogen-bond acceptors (Lipinski definition) is 4. The molecule has 1 atom stereocenters. The monoisotopic (exact) mass is 288 g/mol. The molecular formula is C16H20N2O3. The predicted molar refractivity (Wildman–Crippen MR) is 81.7 cm³/mol. The number of carbonyl (C=O) groups excluding carboxylic acids is 2. The van der Waals surface area contributed by atoms with Gasteiger partial charge >= 0.3 is 5.97 Å². The van der Waals surface area contributed by atoms with Crippen LogP contribution in [-0.4, -0.2) is 24.5 Å². The fourth-order valence-electron chi connectivity index (χ4n) is 1.54. The summed E-state index contributed by atoms with van der Waals surface area (Å²) in [5.74, 6) is 1.61. The second-order valence-electron chi connectivity index (χ2n) is 4.57. The summed E-state index contributed by atoms with van der Waals surface area (Å²) in [6, 6.07) is 5.69. The van der Waals surface area contributed by atoms with Crippen LogP contribution >= 0.6 is 0 Å². The van der Waals surface area contributed by atoms with Gasteiger partial charge in [0.2, 0.25) is 5.91 Å². The van der Waals surface area contributed by atoms with E-state index in [9.17, 15) is 9.59 Å². The number of nitrogens with two attached hydrogens (primary N) is 1. The van der Waals surface area contributed by atoms with Gasteiger partial charge in [-0.15, -0.1) is 12.3 Å². The molecule has 0 fully saturated rings. The maximum absolute atomic E-state index is 11.7. The zero-order valence-corrected chi connectivity index (χ0v) is 12.1. The maximum atomic E-state index is 11.7. The number of nitrogens with one attached hydrogen (secondary N) is 1. The lowest BCUT2D eigenvalue weighted by Gasteiger charge is -2.10. The second kappa shape index (κ2) is 8.77. The summed E-state index contributed by atoms with van der Waals surface area (Å²) in [6.45, 7) is 2.44. The fourth-order valence-corrected chi connectivity index (χ4v) is 1.54. The lowest BCUT2D eigenvalue weighted by molar-refractivity contribution is -0.117. The molecule has 1 rings (SSSR count). The molecule has 1 aromatic rings. The molecule has 0 saturated heterocycles. The first-order valence-corrected chi connectivity index (χ1v) is 6.85. The van der Waals surface area contributed by atoms with Crippen LogP contribution in [0.15, 0.2) is 24.3 Å². The van der Waals surface area contributed by atoms with E-state index in [1.165, 1.54) is 0 Å². The molecule has 0 saturated carbocycles. The molecule has 0 bridgehead atoms. The van der Waals surface area contributed by atoms with Crippen molar-refractivity contribution in [2.75, 3.05) is 11.9 Å². The standard InChI is InChI=1S/C16H20N2O3/c1-3-5-11-21-16(20)12-7-9-13(10-8-12)18-15(19)14(17)6-4-2/h2,7-10,14H,3,5-6,11,17H2,1H3,(H,18,19). The Morgan fingerprint density at radius 3 is 2.62 bits per heavy atom. The number of esters is 1. The van der Waals surface area contributed by atoms with E-state index in [0.29, 0.717) is 17.9 Å². The van der Waals surface area contributed by atoms with E-state index in [4.69, 9.17) is 16.9 Å². The number of ether oxygens (including phenoxy) is 1. The van der Waals surface area contributed by atoms with Crippen molar-refractivity contribution in [1.82, 2.24) is 0 Å². The molecule has 21 heavy (non-hydrogen) atoms. The van der Waals surface area contributed by atoms with Crippen LogP contribution in [0.4, 0.5) is 5.69 Å². The Bertz CT molecular complexity index is 517. The summed E-state index contributed by atoms with van der Waals surface area (Å²) < 4.78 is 5.09. The quantitative estimate of drug-likeness (QED) is 0.456. The zero-order chi connectivity index (χ0) is 15.7.